The van der Waals surface area contributed by atoms with Gasteiger partial charge in [-0.05, 0) is 19.1 Å². The van der Waals surface area contributed by atoms with Crippen LogP contribution in [-0.2, 0) is 9.53 Å². The molecule has 0 aromatic heterocycles. The molecular formula is C22H19F6N3O3. The highest BCUT2D eigenvalue weighted by Gasteiger charge is 2.65. The number of nitriles is 1. The second kappa shape index (κ2) is 8.72. The van der Waals surface area contributed by atoms with Gasteiger partial charge in [-0.3, -0.25) is 4.79 Å². The topological polar surface area (TPSA) is 97.4 Å². The summed E-state index contributed by atoms with van der Waals surface area (Å²) in [6.45, 7) is 1.90. The molecule has 2 aromatic carbocycles. The second-order valence-corrected chi connectivity index (χ2v) is 7.96. The third-order valence-electron chi connectivity index (χ3n) is 6.09. The highest BCUT2D eigenvalue weighted by atomic mass is 19.4. The average Bonchev–Trinajstić information content (AvgIpc) is 3.04. The summed E-state index contributed by atoms with van der Waals surface area (Å²) in [6.07, 6.45) is -6.80. The Morgan fingerprint density at radius 2 is 1.88 bits per heavy atom. The summed E-state index contributed by atoms with van der Waals surface area (Å²) in [5.74, 6) is -8.38. The predicted octanol–water partition coefficient (Wildman–Crippen LogP) is 4.64. The maximum atomic E-state index is 14.4. The normalized spacial score (nSPS) is 24.5. The van der Waals surface area contributed by atoms with Crippen molar-refractivity contribution in [3.63, 3.8) is 0 Å². The minimum absolute atomic E-state index is 0.216. The van der Waals surface area contributed by atoms with Gasteiger partial charge in [-0.15, -0.1) is 0 Å². The van der Waals surface area contributed by atoms with E-state index in [1.165, 1.54) is 0 Å². The molecule has 0 radical (unpaired) electrons. The number of nitrogen functional groups attached to an aromatic ring is 1. The summed E-state index contributed by atoms with van der Waals surface area (Å²) >= 11 is 0. The van der Waals surface area contributed by atoms with Gasteiger partial charge in [0.05, 0.1) is 24.0 Å². The molecule has 34 heavy (non-hydrogen) atoms. The summed E-state index contributed by atoms with van der Waals surface area (Å²) in [5.41, 5.74) is 1.61. The van der Waals surface area contributed by atoms with Gasteiger partial charge in [0.2, 0.25) is 5.82 Å². The zero-order valence-corrected chi connectivity index (χ0v) is 18.1. The van der Waals surface area contributed by atoms with Crippen molar-refractivity contribution in [3.8, 4) is 11.8 Å². The molecule has 3 N–H and O–H groups in total. The maximum Gasteiger partial charge on any atom is 0.417 e. The molecule has 2 aromatic rings. The van der Waals surface area contributed by atoms with Crippen molar-refractivity contribution in [2.24, 2.45) is 5.92 Å². The molecule has 1 aliphatic rings. The molecule has 0 spiro atoms. The SMILES string of the molecule is COc1c([C@H]2C(C(=O)Nc3cc(C#N)c(F)cc3N)O[C@@](C)(C(F)(F)F)[C@H]2C)ccc(F)c1F. The van der Waals surface area contributed by atoms with E-state index in [1.807, 2.05) is 0 Å². The Morgan fingerprint density at radius 1 is 1.24 bits per heavy atom. The van der Waals surface area contributed by atoms with E-state index in [2.05, 4.69) is 5.32 Å². The Hall–Kier alpha value is -3.46. The van der Waals surface area contributed by atoms with Crippen LogP contribution in [0.4, 0.5) is 37.7 Å². The lowest BCUT2D eigenvalue weighted by Gasteiger charge is -2.32. The van der Waals surface area contributed by atoms with Gasteiger partial charge in [-0.25, -0.2) is 8.78 Å². The van der Waals surface area contributed by atoms with E-state index < -0.39 is 64.4 Å². The Kier molecular flexibility index (Phi) is 6.45. The molecule has 0 aliphatic carbocycles. The largest absolute Gasteiger partial charge is 0.493 e. The molecular weight excluding hydrogens is 468 g/mol. The Labute approximate surface area is 190 Å². The molecule has 1 unspecified atom stereocenters. The van der Waals surface area contributed by atoms with E-state index in [4.69, 9.17) is 20.5 Å². The first-order valence-electron chi connectivity index (χ1n) is 9.83. The van der Waals surface area contributed by atoms with Crippen molar-refractivity contribution in [1.29, 1.82) is 5.26 Å². The highest BCUT2D eigenvalue weighted by Crippen LogP contribution is 2.55. The molecule has 1 heterocycles. The zero-order valence-electron chi connectivity index (χ0n) is 18.1. The summed E-state index contributed by atoms with van der Waals surface area (Å²) < 4.78 is 93.9. The van der Waals surface area contributed by atoms with Crippen LogP contribution in [0.25, 0.3) is 0 Å². The zero-order chi connectivity index (χ0) is 25.6. The third-order valence-corrected chi connectivity index (χ3v) is 6.09. The van der Waals surface area contributed by atoms with Gasteiger partial charge in [-0.1, -0.05) is 13.0 Å². The lowest BCUT2D eigenvalue weighted by molar-refractivity contribution is -0.272. The second-order valence-electron chi connectivity index (χ2n) is 7.96. The van der Waals surface area contributed by atoms with Gasteiger partial charge < -0.3 is 20.5 Å². The minimum Gasteiger partial charge on any atom is -0.493 e. The first kappa shape index (κ1) is 25.2. The van der Waals surface area contributed by atoms with Crippen molar-refractivity contribution in [3.05, 3.63) is 52.8 Å². The fourth-order valence-corrected chi connectivity index (χ4v) is 4.03. The van der Waals surface area contributed by atoms with Crippen LogP contribution >= 0.6 is 0 Å². The smallest absolute Gasteiger partial charge is 0.417 e. The number of nitrogens with zero attached hydrogens (tertiary/aromatic N) is 1. The van der Waals surface area contributed by atoms with Gasteiger partial charge >= 0.3 is 6.18 Å². The molecule has 182 valence electrons. The molecule has 3 rings (SSSR count). The van der Waals surface area contributed by atoms with Crippen LogP contribution in [0.1, 0.15) is 30.9 Å². The molecule has 0 bridgehead atoms. The average molecular weight is 487 g/mol. The van der Waals surface area contributed by atoms with Crippen molar-refractivity contribution in [1.82, 2.24) is 0 Å². The van der Waals surface area contributed by atoms with Crippen molar-refractivity contribution < 1.29 is 40.6 Å². The van der Waals surface area contributed by atoms with Crippen LogP contribution in [0.5, 0.6) is 5.75 Å². The molecule has 0 saturated carbocycles. The van der Waals surface area contributed by atoms with E-state index in [0.29, 0.717) is 6.07 Å². The number of ether oxygens (including phenoxy) is 2. The summed E-state index contributed by atoms with van der Waals surface area (Å²) in [4.78, 5) is 13.1. The number of methoxy groups -OCH3 is 1. The maximum absolute atomic E-state index is 14.4. The number of alkyl halides is 3. The number of hydrogen-bond acceptors (Lipinski definition) is 5. The first-order chi connectivity index (χ1) is 15.8. The number of carbonyl (C=O) groups is 1. The van der Waals surface area contributed by atoms with Crippen molar-refractivity contribution in [2.75, 3.05) is 18.2 Å². The van der Waals surface area contributed by atoms with Gasteiger partial charge in [0.25, 0.3) is 5.91 Å². The van der Waals surface area contributed by atoms with Crippen LogP contribution in [0.2, 0.25) is 0 Å². The van der Waals surface area contributed by atoms with Crippen LogP contribution in [0, 0.1) is 34.7 Å². The summed E-state index contributed by atoms with van der Waals surface area (Å²) in [6, 6.07) is 4.95. The number of amides is 1. The van der Waals surface area contributed by atoms with Crippen LogP contribution < -0.4 is 15.8 Å². The fraction of sp³-hybridized carbons (Fsp3) is 0.364. The van der Waals surface area contributed by atoms with Gasteiger partial charge in [-0.2, -0.15) is 22.8 Å². The van der Waals surface area contributed by atoms with Crippen LogP contribution in [0.3, 0.4) is 0 Å². The number of nitrogens with two attached hydrogens (primary N) is 1. The lowest BCUT2D eigenvalue weighted by Crippen LogP contribution is -2.47. The lowest BCUT2D eigenvalue weighted by atomic mass is 9.77. The molecule has 1 fully saturated rings. The summed E-state index contributed by atoms with van der Waals surface area (Å²) in [7, 11) is 1.00. The predicted molar refractivity (Wildman–Crippen MR) is 108 cm³/mol. The number of anilines is 2. The Morgan fingerprint density at radius 3 is 2.44 bits per heavy atom. The number of hydrogen-bond donors (Lipinski definition) is 2. The number of nitrogens with one attached hydrogen (secondary N) is 1. The number of benzene rings is 2. The summed E-state index contributed by atoms with van der Waals surface area (Å²) in [5, 5.41) is 11.2. The molecule has 12 heteroatoms. The molecule has 4 atom stereocenters. The van der Waals surface area contributed by atoms with E-state index in [9.17, 15) is 31.1 Å². The van der Waals surface area contributed by atoms with E-state index in [0.717, 1.165) is 39.2 Å². The molecule has 6 nitrogen and oxygen atoms in total. The quantitative estimate of drug-likeness (QED) is 0.484. The van der Waals surface area contributed by atoms with Gasteiger partial charge in [0.1, 0.15) is 18.0 Å². The number of halogens is 6. The highest BCUT2D eigenvalue weighted by molar-refractivity contribution is 5.98. The van der Waals surface area contributed by atoms with Crippen LogP contribution in [-0.4, -0.2) is 30.9 Å². The monoisotopic (exact) mass is 487 g/mol. The number of rotatable bonds is 4. The molecule has 1 aliphatic heterocycles. The first-order valence-corrected chi connectivity index (χ1v) is 9.83. The third kappa shape index (κ3) is 4.00. The Bertz CT molecular complexity index is 1180. The van der Waals surface area contributed by atoms with Crippen molar-refractivity contribution in [2.45, 2.75) is 37.6 Å². The van der Waals surface area contributed by atoms with Crippen LogP contribution in [0.15, 0.2) is 24.3 Å². The van der Waals surface area contributed by atoms with E-state index in [1.54, 1.807) is 6.07 Å². The molecule has 1 amide bonds. The Balaban J connectivity index is 2.11. The standard InChI is InChI=1S/C22H19F6N3O3/c1-9-16(11-4-5-12(23)17(25)18(11)33-3)19(34-21(9,2)22(26,27)28)20(32)31-15-6-10(8-29)13(24)7-14(15)30/h4-7,9,16,19H,30H2,1-3H3,(H,31,32)/t9-,16-,19?,21+/m0/s1. The van der Waals surface area contributed by atoms with Gasteiger partial charge in [0, 0.05) is 23.5 Å². The number of carbonyl (C=O) groups excluding carboxylic acids is 1. The van der Waals surface area contributed by atoms with Crippen molar-refractivity contribution >= 4 is 17.3 Å². The van der Waals surface area contributed by atoms with E-state index in [-0.39, 0.29) is 16.9 Å². The minimum atomic E-state index is -4.94. The fourth-order valence-electron chi connectivity index (χ4n) is 4.03. The molecule has 1 saturated heterocycles. The van der Waals surface area contributed by atoms with Gasteiger partial charge in [0.15, 0.2) is 17.2 Å². The van der Waals surface area contributed by atoms with E-state index >= 15 is 0 Å².